The molecule has 0 N–H and O–H groups in total. The third-order valence-electron chi connectivity index (χ3n) is 2.30. The number of alkyl halides is 5. The van der Waals surface area contributed by atoms with E-state index in [1.807, 2.05) is 0 Å². The number of halogens is 6. The van der Waals surface area contributed by atoms with Gasteiger partial charge in [0.2, 0.25) is 0 Å². The third kappa shape index (κ3) is 3.56. The van der Waals surface area contributed by atoms with Gasteiger partial charge in [-0.05, 0) is 17.7 Å². The number of hydrogen-bond acceptors (Lipinski definition) is 1. The van der Waals surface area contributed by atoms with E-state index in [4.69, 9.17) is 11.6 Å². The zero-order chi connectivity index (χ0) is 14.8. The first-order valence-electron chi connectivity index (χ1n) is 5.00. The average Bonchev–Trinajstić information content (AvgIpc) is 2.29. The molecule has 0 aliphatic carbocycles. The Hall–Kier alpha value is -1.37. The molecule has 1 amide bonds. The molecule has 0 unspecified atom stereocenters. The Morgan fingerprint density at radius 1 is 1.16 bits per heavy atom. The quantitative estimate of drug-likeness (QED) is 0.783. The van der Waals surface area contributed by atoms with Crippen molar-refractivity contribution in [3.05, 3.63) is 34.9 Å². The smallest absolute Gasteiger partial charge is 0.336 e. The lowest BCUT2D eigenvalue weighted by molar-refractivity contribution is -0.274. The molecule has 1 rings (SSSR count). The van der Waals surface area contributed by atoms with Crippen LogP contribution in [0.25, 0.3) is 0 Å². The number of carbonyl (C=O) groups is 1. The summed E-state index contributed by atoms with van der Waals surface area (Å²) in [6.07, 6.45) is -5.90. The molecular weight excluding hydrogens is 293 g/mol. The van der Waals surface area contributed by atoms with E-state index in [2.05, 4.69) is 0 Å². The van der Waals surface area contributed by atoms with Gasteiger partial charge in [-0.2, -0.15) is 22.0 Å². The minimum absolute atomic E-state index is 0.316. The Labute approximate surface area is 110 Å². The molecule has 0 spiro atoms. The highest BCUT2D eigenvalue weighted by atomic mass is 35.5. The number of carbonyl (C=O) groups excluding carboxylic acids is 1. The second kappa shape index (κ2) is 5.32. The molecule has 1 aromatic rings. The van der Waals surface area contributed by atoms with Gasteiger partial charge in [0.05, 0.1) is 0 Å². The zero-order valence-electron chi connectivity index (χ0n) is 9.64. The van der Waals surface area contributed by atoms with Gasteiger partial charge in [-0.3, -0.25) is 4.79 Å². The van der Waals surface area contributed by atoms with Gasteiger partial charge in [-0.25, -0.2) is 0 Å². The molecule has 0 aliphatic rings. The van der Waals surface area contributed by atoms with Gasteiger partial charge in [0.25, 0.3) is 0 Å². The number of amides is 1. The summed E-state index contributed by atoms with van der Waals surface area (Å²) in [6.45, 7) is -0.373. The zero-order valence-corrected chi connectivity index (χ0v) is 10.4. The molecule has 1 aromatic carbocycles. The summed E-state index contributed by atoms with van der Waals surface area (Å²) >= 11 is 5.59. The van der Waals surface area contributed by atoms with E-state index in [0.29, 0.717) is 15.5 Å². The molecule has 0 aromatic heterocycles. The summed E-state index contributed by atoms with van der Waals surface area (Å²) in [7, 11) is 0.872. The van der Waals surface area contributed by atoms with Crippen LogP contribution in [0.2, 0.25) is 5.02 Å². The van der Waals surface area contributed by atoms with Crippen LogP contribution in [0.15, 0.2) is 24.3 Å². The lowest BCUT2D eigenvalue weighted by Gasteiger charge is -2.24. The van der Waals surface area contributed by atoms with Crippen molar-refractivity contribution in [1.82, 2.24) is 4.90 Å². The molecule has 106 valence electrons. The fourth-order valence-electron chi connectivity index (χ4n) is 1.30. The summed E-state index contributed by atoms with van der Waals surface area (Å²) in [6, 6.07) is 5.74. The van der Waals surface area contributed by atoms with Crippen LogP contribution in [0, 0.1) is 0 Å². The van der Waals surface area contributed by atoms with Crippen molar-refractivity contribution in [2.24, 2.45) is 0 Å². The standard InChI is InChI=1S/C11H9ClF5NO/c1-18(6-7-2-4-8(12)5-3-7)9(19)10(13,14)11(15,16)17/h2-5H,6H2,1H3. The molecule has 2 nitrogen and oxygen atoms in total. The first-order valence-corrected chi connectivity index (χ1v) is 5.38. The van der Waals surface area contributed by atoms with Crippen molar-refractivity contribution in [2.45, 2.75) is 18.6 Å². The van der Waals surface area contributed by atoms with E-state index in [1.165, 1.54) is 24.3 Å². The Morgan fingerprint density at radius 3 is 2.05 bits per heavy atom. The monoisotopic (exact) mass is 301 g/mol. The maximum atomic E-state index is 12.8. The van der Waals surface area contributed by atoms with Crippen LogP contribution >= 0.6 is 11.6 Å². The van der Waals surface area contributed by atoms with E-state index in [1.54, 1.807) is 0 Å². The second-order valence-electron chi connectivity index (χ2n) is 3.86. The molecule has 0 fully saturated rings. The Morgan fingerprint density at radius 2 is 1.63 bits per heavy atom. The Bertz CT molecular complexity index is 457. The van der Waals surface area contributed by atoms with E-state index in [-0.39, 0.29) is 6.54 Å². The predicted octanol–water partition coefficient (Wildman–Crippen LogP) is 3.50. The molecule has 8 heteroatoms. The van der Waals surface area contributed by atoms with Gasteiger partial charge in [-0.1, -0.05) is 23.7 Å². The van der Waals surface area contributed by atoms with Gasteiger partial charge in [0, 0.05) is 18.6 Å². The Balaban J connectivity index is 2.81. The minimum Gasteiger partial charge on any atom is -0.336 e. The number of nitrogens with zero attached hydrogens (tertiary/aromatic N) is 1. The van der Waals surface area contributed by atoms with Crippen molar-refractivity contribution < 1.29 is 26.7 Å². The first kappa shape index (κ1) is 15.7. The van der Waals surface area contributed by atoms with Crippen LogP contribution in [0.4, 0.5) is 22.0 Å². The normalized spacial score (nSPS) is 12.4. The van der Waals surface area contributed by atoms with E-state index >= 15 is 0 Å². The van der Waals surface area contributed by atoms with Crippen molar-refractivity contribution in [2.75, 3.05) is 7.05 Å². The van der Waals surface area contributed by atoms with Crippen LogP contribution in [0.3, 0.4) is 0 Å². The molecule has 0 saturated heterocycles. The van der Waals surface area contributed by atoms with Crippen LogP contribution in [0.5, 0.6) is 0 Å². The summed E-state index contributed by atoms with van der Waals surface area (Å²) in [5.41, 5.74) is 0.387. The van der Waals surface area contributed by atoms with Gasteiger partial charge in [0.15, 0.2) is 0 Å². The first-order chi connectivity index (χ1) is 8.55. The van der Waals surface area contributed by atoms with Crippen molar-refractivity contribution in [3.8, 4) is 0 Å². The molecule has 0 atom stereocenters. The predicted molar refractivity (Wildman–Crippen MR) is 58.9 cm³/mol. The lowest BCUT2D eigenvalue weighted by Crippen LogP contribution is -2.50. The van der Waals surface area contributed by atoms with Crippen LogP contribution in [-0.2, 0) is 11.3 Å². The minimum atomic E-state index is -5.90. The van der Waals surface area contributed by atoms with Gasteiger partial charge >= 0.3 is 18.0 Å². The van der Waals surface area contributed by atoms with Gasteiger partial charge in [-0.15, -0.1) is 0 Å². The molecule has 0 saturated carbocycles. The molecule has 19 heavy (non-hydrogen) atoms. The highest BCUT2D eigenvalue weighted by Crippen LogP contribution is 2.36. The van der Waals surface area contributed by atoms with Crippen molar-refractivity contribution in [3.63, 3.8) is 0 Å². The van der Waals surface area contributed by atoms with E-state index in [0.717, 1.165) is 7.05 Å². The van der Waals surface area contributed by atoms with Gasteiger partial charge in [0.1, 0.15) is 0 Å². The highest BCUT2D eigenvalue weighted by molar-refractivity contribution is 6.30. The fraction of sp³-hybridized carbons (Fsp3) is 0.364. The van der Waals surface area contributed by atoms with Crippen molar-refractivity contribution in [1.29, 1.82) is 0 Å². The third-order valence-corrected chi connectivity index (χ3v) is 2.56. The van der Waals surface area contributed by atoms with E-state index < -0.39 is 18.0 Å². The van der Waals surface area contributed by atoms with Gasteiger partial charge < -0.3 is 4.90 Å². The fourth-order valence-corrected chi connectivity index (χ4v) is 1.42. The molecular formula is C11H9ClF5NO. The SMILES string of the molecule is CN(Cc1ccc(Cl)cc1)C(=O)C(F)(F)C(F)(F)F. The van der Waals surface area contributed by atoms with Crippen LogP contribution in [-0.4, -0.2) is 30.0 Å². The van der Waals surface area contributed by atoms with E-state index in [9.17, 15) is 26.7 Å². The molecule has 0 aliphatic heterocycles. The number of hydrogen-bond donors (Lipinski definition) is 0. The largest absolute Gasteiger partial charge is 0.463 e. The number of rotatable bonds is 3. The van der Waals surface area contributed by atoms with Crippen LogP contribution < -0.4 is 0 Å². The number of benzene rings is 1. The maximum Gasteiger partial charge on any atom is 0.463 e. The Kier molecular flexibility index (Phi) is 4.39. The molecule has 0 heterocycles. The summed E-state index contributed by atoms with van der Waals surface area (Å²) < 4.78 is 61.7. The van der Waals surface area contributed by atoms with Crippen molar-refractivity contribution >= 4 is 17.5 Å². The molecule has 0 radical (unpaired) electrons. The second-order valence-corrected chi connectivity index (χ2v) is 4.30. The highest BCUT2D eigenvalue weighted by Gasteiger charge is 2.64. The topological polar surface area (TPSA) is 20.3 Å². The summed E-state index contributed by atoms with van der Waals surface area (Å²) in [5.74, 6) is -7.69. The maximum absolute atomic E-state index is 12.8. The summed E-state index contributed by atoms with van der Waals surface area (Å²) in [5, 5.41) is 0.387. The van der Waals surface area contributed by atoms with Crippen LogP contribution in [0.1, 0.15) is 5.56 Å². The lowest BCUT2D eigenvalue weighted by atomic mass is 10.2. The molecule has 0 bridgehead atoms. The average molecular weight is 302 g/mol. The summed E-state index contributed by atoms with van der Waals surface area (Å²) in [4.78, 5) is 11.4.